The first-order chi connectivity index (χ1) is 7.43. The summed E-state index contributed by atoms with van der Waals surface area (Å²) in [5.41, 5.74) is 0.730. The van der Waals surface area contributed by atoms with Crippen molar-refractivity contribution in [3.05, 3.63) is 23.8 Å². The molecule has 0 saturated heterocycles. The molecule has 0 atom stereocenters. The molecule has 0 aliphatic heterocycles. The quantitative estimate of drug-likeness (QED) is 0.809. The van der Waals surface area contributed by atoms with Crippen molar-refractivity contribution >= 4 is 15.7 Å². The van der Waals surface area contributed by atoms with E-state index >= 15 is 0 Å². The van der Waals surface area contributed by atoms with E-state index in [1.165, 1.54) is 6.07 Å². The second-order valence-corrected chi connectivity index (χ2v) is 4.68. The summed E-state index contributed by atoms with van der Waals surface area (Å²) in [6, 6.07) is 3.14. The van der Waals surface area contributed by atoms with E-state index in [0.29, 0.717) is 12.1 Å². The zero-order chi connectivity index (χ0) is 11.9. The highest BCUT2D eigenvalue weighted by Crippen LogP contribution is 2.14. The van der Waals surface area contributed by atoms with E-state index in [0.717, 1.165) is 4.52 Å². The minimum atomic E-state index is -4.18. The van der Waals surface area contributed by atoms with Crippen LogP contribution < -0.4 is 5.14 Å². The molecule has 16 heavy (non-hydrogen) atoms. The minimum Gasteiger partial charge on any atom is -0.223 e. The molecule has 0 saturated carbocycles. The Morgan fingerprint density at radius 1 is 1.50 bits per heavy atom. The predicted octanol–water partition coefficient (Wildman–Crippen LogP) is 0.0782. The van der Waals surface area contributed by atoms with Crippen LogP contribution in [0.1, 0.15) is 12.6 Å². The highest BCUT2D eigenvalue weighted by Gasteiger charge is 2.23. The molecule has 2 heterocycles. The molecule has 0 fully saturated rings. The number of hydrogen-bond donors (Lipinski definition) is 1. The Hall–Kier alpha value is -1.54. The van der Waals surface area contributed by atoms with Gasteiger partial charge in [-0.25, -0.2) is 13.6 Å². The number of sulfonamides is 1. The third kappa shape index (κ3) is 1.65. The van der Waals surface area contributed by atoms with Gasteiger partial charge < -0.3 is 0 Å². The average molecular weight is 244 g/mol. The molecule has 2 N–H and O–H groups in total. The van der Waals surface area contributed by atoms with Crippen LogP contribution in [0.4, 0.5) is 4.39 Å². The van der Waals surface area contributed by atoms with Gasteiger partial charge in [0, 0.05) is 0 Å². The fourth-order valence-electron chi connectivity index (χ4n) is 1.35. The lowest BCUT2D eigenvalue weighted by Gasteiger charge is -1.99. The van der Waals surface area contributed by atoms with Crippen molar-refractivity contribution < 1.29 is 12.8 Å². The van der Waals surface area contributed by atoms with E-state index in [4.69, 9.17) is 5.14 Å². The number of aromatic nitrogens is 3. The van der Waals surface area contributed by atoms with Gasteiger partial charge in [-0.1, -0.05) is 6.92 Å². The second-order valence-electron chi connectivity index (χ2n) is 3.20. The van der Waals surface area contributed by atoms with Crippen molar-refractivity contribution in [2.24, 2.45) is 5.14 Å². The van der Waals surface area contributed by atoms with E-state index in [2.05, 4.69) is 10.1 Å². The SMILES string of the molecule is CCc1ccc2nc(F)c(S(N)(=O)=O)n2n1. The molecule has 2 aromatic heterocycles. The maximum Gasteiger partial charge on any atom is 0.260 e. The van der Waals surface area contributed by atoms with E-state index < -0.39 is 21.0 Å². The number of imidazole rings is 1. The van der Waals surface area contributed by atoms with Crippen LogP contribution in [0.3, 0.4) is 0 Å². The zero-order valence-corrected chi connectivity index (χ0v) is 9.20. The topological polar surface area (TPSA) is 90.3 Å². The summed E-state index contributed by atoms with van der Waals surface area (Å²) in [5, 5.41) is 8.12. The van der Waals surface area contributed by atoms with Crippen molar-refractivity contribution in [3.63, 3.8) is 0 Å². The average Bonchev–Trinajstić information content (AvgIpc) is 2.51. The number of halogens is 1. The summed E-state index contributed by atoms with van der Waals surface area (Å²) in [6.07, 6.45) is 0.597. The smallest absolute Gasteiger partial charge is 0.223 e. The number of primary sulfonamides is 1. The van der Waals surface area contributed by atoms with E-state index in [-0.39, 0.29) is 5.65 Å². The van der Waals surface area contributed by atoms with Gasteiger partial charge in [0.15, 0.2) is 5.65 Å². The van der Waals surface area contributed by atoms with Gasteiger partial charge in [0.25, 0.3) is 16.0 Å². The van der Waals surface area contributed by atoms with E-state index in [1.54, 1.807) is 6.07 Å². The molecule has 0 amide bonds. The third-order valence-corrected chi connectivity index (χ3v) is 2.96. The first-order valence-corrected chi connectivity index (χ1v) is 6.05. The van der Waals surface area contributed by atoms with Gasteiger partial charge in [-0.05, 0) is 18.6 Å². The molecule has 0 aromatic carbocycles. The molecule has 0 aliphatic carbocycles. The lowest BCUT2D eigenvalue weighted by Crippen LogP contribution is -2.17. The van der Waals surface area contributed by atoms with Crippen LogP contribution in [-0.4, -0.2) is 23.0 Å². The fourth-order valence-corrected chi connectivity index (χ4v) is 2.01. The van der Waals surface area contributed by atoms with Gasteiger partial charge in [0.2, 0.25) is 5.03 Å². The summed E-state index contributed by atoms with van der Waals surface area (Å²) in [5.74, 6) is -1.14. The molecular formula is C8H9FN4O2S. The van der Waals surface area contributed by atoms with Gasteiger partial charge in [0.1, 0.15) is 0 Å². The van der Waals surface area contributed by atoms with Gasteiger partial charge >= 0.3 is 0 Å². The summed E-state index contributed by atoms with van der Waals surface area (Å²) >= 11 is 0. The maximum atomic E-state index is 13.3. The van der Waals surface area contributed by atoms with Crippen molar-refractivity contribution in [2.75, 3.05) is 0 Å². The van der Waals surface area contributed by atoms with Crippen molar-refractivity contribution in [1.29, 1.82) is 0 Å². The van der Waals surface area contributed by atoms with Crippen LogP contribution in [0.25, 0.3) is 5.65 Å². The minimum absolute atomic E-state index is 0.110. The molecule has 6 nitrogen and oxygen atoms in total. The standard InChI is InChI=1S/C8H9FN4O2S/c1-2-5-3-4-6-11-7(9)8(13(6)12-5)16(10,14)15/h3-4H,2H2,1H3,(H2,10,14,15). The Morgan fingerprint density at radius 3 is 2.75 bits per heavy atom. The number of nitrogens with zero attached hydrogens (tertiary/aromatic N) is 3. The Morgan fingerprint density at radius 2 is 2.19 bits per heavy atom. The molecule has 0 unspecified atom stereocenters. The summed E-state index contributed by atoms with van der Waals surface area (Å²) < 4.78 is 36.5. The number of hydrogen-bond acceptors (Lipinski definition) is 4. The monoisotopic (exact) mass is 244 g/mol. The van der Waals surface area contributed by atoms with Crippen molar-refractivity contribution in [1.82, 2.24) is 14.6 Å². The lowest BCUT2D eigenvalue weighted by atomic mass is 10.3. The summed E-state index contributed by atoms with van der Waals surface area (Å²) in [7, 11) is -4.18. The Bertz CT molecular complexity index is 649. The normalized spacial score (nSPS) is 12.2. The molecule has 8 heteroatoms. The summed E-state index contributed by atoms with van der Waals surface area (Å²) in [6.45, 7) is 1.85. The number of rotatable bonds is 2. The Labute approximate surface area is 91.0 Å². The molecule has 0 spiro atoms. The van der Waals surface area contributed by atoms with Gasteiger partial charge in [-0.3, -0.25) is 0 Å². The molecule has 86 valence electrons. The Kier molecular flexibility index (Phi) is 2.39. The summed E-state index contributed by atoms with van der Waals surface area (Å²) in [4.78, 5) is 3.43. The van der Waals surface area contributed by atoms with Gasteiger partial charge in [-0.15, -0.1) is 0 Å². The van der Waals surface area contributed by atoms with Crippen LogP contribution >= 0.6 is 0 Å². The highest BCUT2D eigenvalue weighted by molar-refractivity contribution is 7.89. The zero-order valence-electron chi connectivity index (χ0n) is 8.38. The van der Waals surface area contributed by atoms with Gasteiger partial charge in [0.05, 0.1) is 5.69 Å². The van der Waals surface area contributed by atoms with Crippen LogP contribution in [0.2, 0.25) is 0 Å². The first kappa shape index (κ1) is 11.0. The van der Waals surface area contributed by atoms with Crippen LogP contribution in [0.5, 0.6) is 0 Å². The highest BCUT2D eigenvalue weighted by atomic mass is 32.2. The fraction of sp³-hybridized carbons (Fsp3) is 0.250. The number of fused-ring (bicyclic) bond motifs is 1. The number of nitrogens with two attached hydrogens (primary N) is 1. The molecule has 0 bridgehead atoms. The maximum absolute atomic E-state index is 13.3. The predicted molar refractivity (Wildman–Crippen MR) is 53.7 cm³/mol. The van der Waals surface area contributed by atoms with Crippen molar-refractivity contribution in [2.45, 2.75) is 18.4 Å². The van der Waals surface area contributed by atoms with Crippen LogP contribution in [0, 0.1) is 5.95 Å². The van der Waals surface area contributed by atoms with Crippen LogP contribution in [0.15, 0.2) is 17.2 Å². The molecule has 2 aromatic rings. The Balaban J connectivity index is 2.87. The lowest BCUT2D eigenvalue weighted by molar-refractivity contribution is 0.533. The van der Waals surface area contributed by atoms with Crippen molar-refractivity contribution in [3.8, 4) is 0 Å². The second kappa shape index (κ2) is 3.49. The molecule has 2 rings (SSSR count). The van der Waals surface area contributed by atoms with E-state index in [1.807, 2.05) is 6.92 Å². The first-order valence-electron chi connectivity index (χ1n) is 4.50. The van der Waals surface area contributed by atoms with E-state index in [9.17, 15) is 12.8 Å². The van der Waals surface area contributed by atoms with Crippen LogP contribution in [-0.2, 0) is 16.4 Å². The number of aryl methyl sites for hydroxylation is 1. The van der Waals surface area contributed by atoms with Gasteiger partial charge in [-0.2, -0.15) is 19.0 Å². The third-order valence-electron chi connectivity index (χ3n) is 2.08. The molecular weight excluding hydrogens is 235 g/mol. The molecule has 0 aliphatic rings. The molecule has 0 radical (unpaired) electrons. The largest absolute Gasteiger partial charge is 0.260 e.